The van der Waals surface area contributed by atoms with Crippen molar-refractivity contribution in [2.75, 3.05) is 39.3 Å². The van der Waals surface area contributed by atoms with Crippen LogP contribution in [-0.4, -0.2) is 55.0 Å². The van der Waals surface area contributed by atoms with Crippen LogP contribution in [0.2, 0.25) is 0 Å². The highest BCUT2D eigenvalue weighted by Gasteiger charge is 2.22. The van der Waals surface area contributed by atoms with Crippen molar-refractivity contribution in [1.82, 2.24) is 9.80 Å². The quantitative estimate of drug-likeness (QED) is 0.840. The second kappa shape index (κ2) is 7.52. The van der Waals surface area contributed by atoms with E-state index in [1.807, 2.05) is 4.90 Å². The van der Waals surface area contributed by atoms with Gasteiger partial charge in [0.15, 0.2) is 0 Å². The first-order valence-corrected chi connectivity index (χ1v) is 7.59. The molecule has 1 aromatic carbocycles. The maximum atomic E-state index is 13.3. The number of rotatable bonds is 5. The number of hydrogen-bond acceptors (Lipinski definition) is 3. The minimum Gasteiger partial charge on any atom is -0.336 e. The number of benzene rings is 1. The van der Waals surface area contributed by atoms with Gasteiger partial charge in [-0.25, -0.2) is 4.39 Å². The number of carbonyl (C=O) groups is 1. The van der Waals surface area contributed by atoms with Crippen LogP contribution < -0.4 is 5.73 Å². The molecule has 1 aromatic rings. The van der Waals surface area contributed by atoms with Crippen LogP contribution in [0.3, 0.4) is 0 Å². The Morgan fingerprint density at radius 1 is 1.24 bits per heavy atom. The zero-order valence-electron chi connectivity index (χ0n) is 12.6. The summed E-state index contributed by atoms with van der Waals surface area (Å²) in [6, 6.07) is 4.56. The number of unbranched alkanes of at least 4 members (excludes halogenated alkanes) is 1. The molecule has 2 rings (SSSR count). The third-order valence-electron chi connectivity index (χ3n) is 3.99. The molecule has 1 saturated heterocycles. The summed E-state index contributed by atoms with van der Waals surface area (Å²) in [5.74, 6) is -0.268. The maximum absolute atomic E-state index is 13.3. The number of piperazine rings is 1. The van der Waals surface area contributed by atoms with E-state index in [4.69, 9.17) is 5.73 Å². The lowest BCUT2D eigenvalue weighted by Crippen LogP contribution is -2.48. The van der Waals surface area contributed by atoms with Gasteiger partial charge in [0, 0.05) is 31.7 Å². The molecule has 5 heteroatoms. The van der Waals surface area contributed by atoms with Gasteiger partial charge in [-0.2, -0.15) is 0 Å². The van der Waals surface area contributed by atoms with Crippen molar-refractivity contribution in [3.8, 4) is 0 Å². The van der Waals surface area contributed by atoms with E-state index in [2.05, 4.69) is 4.90 Å². The minimum absolute atomic E-state index is 0.000270. The highest BCUT2D eigenvalue weighted by molar-refractivity contribution is 5.94. The van der Waals surface area contributed by atoms with Crippen LogP contribution in [0.25, 0.3) is 0 Å². The van der Waals surface area contributed by atoms with Crippen LogP contribution in [0.1, 0.15) is 28.8 Å². The van der Waals surface area contributed by atoms with E-state index in [9.17, 15) is 9.18 Å². The SMILES string of the molecule is Cc1cc(C(=O)N2CCN(CCCCN)CC2)ccc1F. The summed E-state index contributed by atoms with van der Waals surface area (Å²) in [6.07, 6.45) is 2.16. The molecule has 0 aliphatic carbocycles. The smallest absolute Gasteiger partial charge is 0.253 e. The molecule has 0 atom stereocenters. The number of aryl methyl sites for hydroxylation is 1. The largest absolute Gasteiger partial charge is 0.336 e. The summed E-state index contributed by atoms with van der Waals surface area (Å²) in [7, 11) is 0. The lowest BCUT2D eigenvalue weighted by Gasteiger charge is -2.34. The Kier molecular flexibility index (Phi) is 5.70. The van der Waals surface area contributed by atoms with Crippen molar-refractivity contribution in [3.05, 3.63) is 35.1 Å². The van der Waals surface area contributed by atoms with E-state index in [0.717, 1.165) is 52.1 Å². The molecule has 21 heavy (non-hydrogen) atoms. The number of amides is 1. The Labute approximate surface area is 125 Å². The first-order valence-electron chi connectivity index (χ1n) is 7.59. The van der Waals surface area contributed by atoms with Crippen LogP contribution in [0, 0.1) is 12.7 Å². The van der Waals surface area contributed by atoms with E-state index in [0.29, 0.717) is 11.1 Å². The molecule has 4 nitrogen and oxygen atoms in total. The Morgan fingerprint density at radius 2 is 1.95 bits per heavy atom. The third kappa shape index (κ3) is 4.25. The van der Waals surface area contributed by atoms with Crippen LogP contribution >= 0.6 is 0 Å². The Balaban J connectivity index is 1.86. The summed E-state index contributed by atoms with van der Waals surface area (Å²) in [6.45, 7) is 6.74. The second-order valence-electron chi connectivity index (χ2n) is 5.59. The van der Waals surface area contributed by atoms with Gasteiger partial charge >= 0.3 is 0 Å². The second-order valence-corrected chi connectivity index (χ2v) is 5.59. The molecule has 0 aromatic heterocycles. The number of carbonyl (C=O) groups excluding carboxylic acids is 1. The highest BCUT2D eigenvalue weighted by atomic mass is 19.1. The monoisotopic (exact) mass is 293 g/mol. The number of halogens is 1. The van der Waals surface area contributed by atoms with E-state index in [-0.39, 0.29) is 11.7 Å². The van der Waals surface area contributed by atoms with Crippen molar-refractivity contribution in [3.63, 3.8) is 0 Å². The maximum Gasteiger partial charge on any atom is 0.253 e. The molecule has 1 heterocycles. The van der Waals surface area contributed by atoms with E-state index in [1.165, 1.54) is 6.07 Å². The topological polar surface area (TPSA) is 49.6 Å². The zero-order chi connectivity index (χ0) is 15.2. The van der Waals surface area contributed by atoms with Gasteiger partial charge in [0.1, 0.15) is 5.82 Å². The first kappa shape index (κ1) is 15.9. The number of nitrogens with two attached hydrogens (primary N) is 1. The van der Waals surface area contributed by atoms with Gasteiger partial charge in [-0.3, -0.25) is 9.69 Å². The van der Waals surface area contributed by atoms with Gasteiger partial charge in [-0.1, -0.05) is 0 Å². The normalized spacial score (nSPS) is 16.2. The third-order valence-corrected chi connectivity index (χ3v) is 3.99. The van der Waals surface area contributed by atoms with Crippen LogP contribution in [0.4, 0.5) is 4.39 Å². The number of nitrogens with zero attached hydrogens (tertiary/aromatic N) is 2. The summed E-state index contributed by atoms with van der Waals surface area (Å²) >= 11 is 0. The molecule has 0 bridgehead atoms. The van der Waals surface area contributed by atoms with Gasteiger partial charge in [0.2, 0.25) is 0 Å². The van der Waals surface area contributed by atoms with Gasteiger partial charge < -0.3 is 10.6 Å². The van der Waals surface area contributed by atoms with Crippen LogP contribution in [0.15, 0.2) is 18.2 Å². The molecule has 2 N–H and O–H groups in total. The molecule has 0 spiro atoms. The molecule has 0 saturated carbocycles. The molecule has 1 aliphatic rings. The zero-order valence-corrected chi connectivity index (χ0v) is 12.6. The van der Waals surface area contributed by atoms with Gasteiger partial charge in [-0.15, -0.1) is 0 Å². The molecular formula is C16H24FN3O. The summed E-state index contributed by atoms with van der Waals surface area (Å²) in [5, 5.41) is 0. The predicted molar refractivity (Wildman–Crippen MR) is 81.8 cm³/mol. The van der Waals surface area contributed by atoms with Crippen molar-refractivity contribution >= 4 is 5.91 Å². The predicted octanol–water partition coefficient (Wildman–Crippen LogP) is 1.63. The van der Waals surface area contributed by atoms with E-state index < -0.39 is 0 Å². The summed E-state index contributed by atoms with van der Waals surface area (Å²) in [5.41, 5.74) is 6.58. The Hall–Kier alpha value is -1.46. The van der Waals surface area contributed by atoms with Crippen molar-refractivity contribution in [2.24, 2.45) is 5.73 Å². The fourth-order valence-corrected chi connectivity index (χ4v) is 2.61. The standard InChI is InChI=1S/C16H24FN3O/c1-13-12-14(4-5-15(13)17)16(21)20-10-8-19(9-11-20)7-3-2-6-18/h4-5,12H,2-3,6-11,18H2,1H3. The Bertz CT molecular complexity index is 484. The fourth-order valence-electron chi connectivity index (χ4n) is 2.61. The average Bonchev–Trinajstić information content (AvgIpc) is 2.50. The lowest BCUT2D eigenvalue weighted by atomic mass is 10.1. The summed E-state index contributed by atoms with van der Waals surface area (Å²) in [4.78, 5) is 16.6. The van der Waals surface area contributed by atoms with Crippen LogP contribution in [0.5, 0.6) is 0 Å². The molecular weight excluding hydrogens is 269 g/mol. The van der Waals surface area contributed by atoms with Gasteiger partial charge in [0.25, 0.3) is 5.91 Å². The summed E-state index contributed by atoms with van der Waals surface area (Å²) < 4.78 is 13.3. The van der Waals surface area contributed by atoms with E-state index >= 15 is 0 Å². The van der Waals surface area contributed by atoms with Crippen molar-refractivity contribution in [2.45, 2.75) is 19.8 Å². The molecule has 0 radical (unpaired) electrons. The lowest BCUT2D eigenvalue weighted by molar-refractivity contribution is 0.0635. The molecule has 1 fully saturated rings. The van der Waals surface area contributed by atoms with Gasteiger partial charge in [0.05, 0.1) is 0 Å². The fraction of sp³-hybridized carbons (Fsp3) is 0.562. The molecule has 116 valence electrons. The first-order chi connectivity index (χ1) is 10.1. The number of hydrogen-bond donors (Lipinski definition) is 1. The Morgan fingerprint density at radius 3 is 2.57 bits per heavy atom. The van der Waals surface area contributed by atoms with Crippen LogP contribution in [-0.2, 0) is 0 Å². The highest BCUT2D eigenvalue weighted by Crippen LogP contribution is 2.13. The van der Waals surface area contributed by atoms with Crippen molar-refractivity contribution in [1.29, 1.82) is 0 Å². The van der Waals surface area contributed by atoms with Gasteiger partial charge in [-0.05, 0) is 56.6 Å². The molecule has 0 unspecified atom stereocenters. The molecule has 1 amide bonds. The van der Waals surface area contributed by atoms with E-state index in [1.54, 1.807) is 19.1 Å². The molecule has 1 aliphatic heterocycles. The minimum atomic E-state index is -0.267. The van der Waals surface area contributed by atoms with Crippen molar-refractivity contribution < 1.29 is 9.18 Å². The average molecular weight is 293 g/mol.